The van der Waals surface area contributed by atoms with E-state index in [9.17, 15) is 8.78 Å². The fourth-order valence-corrected chi connectivity index (χ4v) is 1.40. The van der Waals surface area contributed by atoms with Gasteiger partial charge in [-0.25, -0.2) is 8.78 Å². The molecule has 0 amide bonds. The van der Waals surface area contributed by atoms with Gasteiger partial charge in [0.2, 0.25) is 0 Å². The lowest BCUT2D eigenvalue weighted by atomic mass is 10.1. The van der Waals surface area contributed by atoms with Crippen LogP contribution in [0.3, 0.4) is 0 Å². The first-order chi connectivity index (χ1) is 7.18. The molecule has 0 aliphatic carbocycles. The third-order valence-corrected chi connectivity index (χ3v) is 2.10. The van der Waals surface area contributed by atoms with Gasteiger partial charge in [0.15, 0.2) is 11.6 Å². The second-order valence-corrected chi connectivity index (χ2v) is 3.35. The van der Waals surface area contributed by atoms with Crippen molar-refractivity contribution in [1.29, 1.82) is 0 Å². The molecule has 1 aromatic heterocycles. The highest BCUT2D eigenvalue weighted by molar-refractivity contribution is 7.71. The molecule has 0 aliphatic rings. The number of aromatic amines is 1. The zero-order valence-electron chi connectivity index (χ0n) is 7.50. The van der Waals surface area contributed by atoms with E-state index < -0.39 is 11.6 Å². The molecule has 2 nitrogen and oxygen atoms in total. The summed E-state index contributed by atoms with van der Waals surface area (Å²) >= 11 is 4.84. The van der Waals surface area contributed by atoms with Crippen molar-refractivity contribution in [2.45, 2.75) is 0 Å². The van der Waals surface area contributed by atoms with Crippen molar-refractivity contribution in [3.05, 3.63) is 46.9 Å². The minimum Gasteiger partial charge on any atom is -0.343 e. The summed E-state index contributed by atoms with van der Waals surface area (Å²) in [6.45, 7) is 0. The molecule has 1 heterocycles. The monoisotopic (exact) mass is 224 g/mol. The number of nitrogens with one attached hydrogen (secondary N) is 1. The van der Waals surface area contributed by atoms with Crippen molar-refractivity contribution in [3.8, 4) is 11.3 Å². The van der Waals surface area contributed by atoms with Crippen LogP contribution in [0.4, 0.5) is 8.78 Å². The molecule has 0 radical (unpaired) electrons. The molecule has 2 aromatic rings. The fraction of sp³-hybridized carbons (Fsp3) is 0. The molecule has 0 spiro atoms. The lowest BCUT2D eigenvalue weighted by molar-refractivity contribution is 0.511. The van der Waals surface area contributed by atoms with Gasteiger partial charge in [0.25, 0.3) is 0 Å². The summed E-state index contributed by atoms with van der Waals surface area (Å²) in [5, 5.41) is 0. The molecule has 0 aliphatic heterocycles. The van der Waals surface area contributed by atoms with Gasteiger partial charge in [0.1, 0.15) is 4.64 Å². The van der Waals surface area contributed by atoms with Crippen molar-refractivity contribution in [2.75, 3.05) is 0 Å². The summed E-state index contributed by atoms with van der Waals surface area (Å²) in [5.41, 5.74) is 0.480. The van der Waals surface area contributed by atoms with E-state index in [0.29, 0.717) is 10.3 Å². The molecule has 1 aromatic carbocycles. The minimum absolute atomic E-state index is 0.120. The smallest absolute Gasteiger partial charge is 0.168 e. The van der Waals surface area contributed by atoms with E-state index in [2.05, 4.69) is 9.97 Å². The van der Waals surface area contributed by atoms with Gasteiger partial charge in [-0.2, -0.15) is 0 Å². The van der Waals surface area contributed by atoms with Crippen LogP contribution in [0.5, 0.6) is 0 Å². The zero-order valence-corrected chi connectivity index (χ0v) is 8.31. The Labute approximate surface area is 89.6 Å². The SMILES string of the molecule is Fc1cccc(-c2cncc(=S)[nH]2)c1F. The molecular formula is C10H6F2N2S. The Balaban J connectivity index is 2.64. The molecule has 0 unspecified atom stereocenters. The number of hydrogen-bond donors (Lipinski definition) is 1. The van der Waals surface area contributed by atoms with Crippen LogP contribution in [0.15, 0.2) is 30.6 Å². The maximum Gasteiger partial charge on any atom is 0.168 e. The Morgan fingerprint density at radius 1 is 1.20 bits per heavy atom. The maximum absolute atomic E-state index is 13.4. The van der Waals surface area contributed by atoms with Crippen molar-refractivity contribution in [3.63, 3.8) is 0 Å². The van der Waals surface area contributed by atoms with E-state index in [1.807, 2.05) is 0 Å². The first-order valence-electron chi connectivity index (χ1n) is 4.17. The Kier molecular flexibility index (Phi) is 2.55. The normalized spacial score (nSPS) is 10.3. The fourth-order valence-electron chi connectivity index (χ4n) is 1.23. The summed E-state index contributed by atoms with van der Waals surface area (Å²) in [6.07, 6.45) is 2.82. The van der Waals surface area contributed by atoms with Crippen LogP contribution in [0.1, 0.15) is 0 Å². The van der Waals surface area contributed by atoms with Gasteiger partial charge in [-0.3, -0.25) is 4.98 Å². The van der Waals surface area contributed by atoms with Gasteiger partial charge < -0.3 is 4.98 Å². The van der Waals surface area contributed by atoms with E-state index >= 15 is 0 Å². The average Bonchev–Trinajstić information content (AvgIpc) is 2.22. The number of H-pyrrole nitrogens is 1. The van der Waals surface area contributed by atoms with Crippen LogP contribution >= 0.6 is 12.2 Å². The Morgan fingerprint density at radius 3 is 2.73 bits per heavy atom. The zero-order chi connectivity index (χ0) is 10.8. The van der Waals surface area contributed by atoms with E-state index in [1.165, 1.54) is 24.5 Å². The number of halogens is 2. The third kappa shape index (κ3) is 1.92. The standard InChI is InChI=1S/C10H6F2N2S/c11-7-3-1-2-6(10(7)12)8-4-13-5-9(15)14-8/h1-5H,(H,14,15). The molecule has 0 fully saturated rings. The highest BCUT2D eigenvalue weighted by Gasteiger charge is 2.09. The molecule has 1 N–H and O–H groups in total. The summed E-state index contributed by atoms with van der Waals surface area (Å²) < 4.78 is 26.7. The minimum atomic E-state index is -0.906. The van der Waals surface area contributed by atoms with Crippen LogP contribution in [0.2, 0.25) is 0 Å². The number of nitrogens with zero attached hydrogens (tertiary/aromatic N) is 1. The quantitative estimate of drug-likeness (QED) is 0.754. The van der Waals surface area contributed by atoms with Crippen molar-refractivity contribution in [2.24, 2.45) is 0 Å². The van der Waals surface area contributed by atoms with Crippen molar-refractivity contribution >= 4 is 12.2 Å². The van der Waals surface area contributed by atoms with Crippen LogP contribution in [0.25, 0.3) is 11.3 Å². The predicted molar refractivity (Wildman–Crippen MR) is 54.8 cm³/mol. The largest absolute Gasteiger partial charge is 0.343 e. The Morgan fingerprint density at radius 2 is 2.00 bits per heavy atom. The van der Waals surface area contributed by atoms with Crippen LogP contribution in [0, 0.1) is 16.3 Å². The topological polar surface area (TPSA) is 28.7 Å². The number of aromatic nitrogens is 2. The molecule has 0 bridgehead atoms. The molecule has 76 valence electrons. The van der Waals surface area contributed by atoms with E-state index in [1.54, 1.807) is 0 Å². The average molecular weight is 224 g/mol. The van der Waals surface area contributed by atoms with Gasteiger partial charge in [-0.05, 0) is 12.1 Å². The molecule has 0 atom stereocenters. The van der Waals surface area contributed by atoms with Gasteiger partial charge in [-0.1, -0.05) is 18.3 Å². The van der Waals surface area contributed by atoms with Crippen LogP contribution in [-0.4, -0.2) is 9.97 Å². The highest BCUT2D eigenvalue weighted by Crippen LogP contribution is 2.21. The molecule has 2 rings (SSSR count). The molecule has 0 saturated heterocycles. The molecule has 15 heavy (non-hydrogen) atoms. The lowest BCUT2D eigenvalue weighted by Crippen LogP contribution is -1.92. The van der Waals surface area contributed by atoms with Crippen LogP contribution < -0.4 is 0 Å². The van der Waals surface area contributed by atoms with Gasteiger partial charge in [0.05, 0.1) is 18.1 Å². The maximum atomic E-state index is 13.4. The van der Waals surface area contributed by atoms with Gasteiger partial charge in [0, 0.05) is 5.56 Å². The highest BCUT2D eigenvalue weighted by atomic mass is 32.1. The van der Waals surface area contributed by atoms with Crippen LogP contribution in [-0.2, 0) is 0 Å². The predicted octanol–water partition coefficient (Wildman–Crippen LogP) is 3.08. The molecular weight excluding hydrogens is 218 g/mol. The van der Waals surface area contributed by atoms with Gasteiger partial charge in [-0.15, -0.1) is 0 Å². The summed E-state index contributed by atoms with van der Waals surface area (Å²) in [7, 11) is 0. The van der Waals surface area contributed by atoms with E-state index in [-0.39, 0.29) is 5.56 Å². The summed E-state index contributed by atoms with van der Waals surface area (Å²) in [5.74, 6) is -1.80. The number of benzene rings is 1. The Bertz CT molecular complexity index is 551. The summed E-state index contributed by atoms with van der Waals surface area (Å²) in [6, 6.07) is 3.95. The van der Waals surface area contributed by atoms with Gasteiger partial charge >= 0.3 is 0 Å². The van der Waals surface area contributed by atoms with E-state index in [4.69, 9.17) is 12.2 Å². The number of hydrogen-bond acceptors (Lipinski definition) is 2. The van der Waals surface area contributed by atoms with E-state index in [0.717, 1.165) is 6.07 Å². The van der Waals surface area contributed by atoms with Crippen molar-refractivity contribution < 1.29 is 8.78 Å². The lowest BCUT2D eigenvalue weighted by Gasteiger charge is -2.02. The third-order valence-electron chi connectivity index (χ3n) is 1.90. The Hall–Kier alpha value is -1.62. The first-order valence-corrected chi connectivity index (χ1v) is 4.58. The first kappa shape index (κ1) is 9.92. The molecule has 0 saturated carbocycles. The second-order valence-electron chi connectivity index (χ2n) is 2.91. The second kappa shape index (κ2) is 3.86. The van der Waals surface area contributed by atoms with Crippen molar-refractivity contribution in [1.82, 2.24) is 9.97 Å². The molecule has 5 heteroatoms. The summed E-state index contributed by atoms with van der Waals surface area (Å²) in [4.78, 5) is 6.54. The number of rotatable bonds is 1.